The minimum atomic E-state index is -0.389. The number of benzene rings is 1. The number of allylic oxidation sites excluding steroid dienone is 3. The smallest absolute Gasteiger partial charge is 0.264 e. The Labute approximate surface area is 152 Å². The molecule has 1 aromatic rings. The molecule has 128 valence electrons. The van der Waals surface area contributed by atoms with Gasteiger partial charge in [0, 0.05) is 27.3 Å². The van der Waals surface area contributed by atoms with Crippen LogP contribution in [0.1, 0.15) is 43.0 Å². The largest absolute Gasteiger partial charge is 0.268 e. The van der Waals surface area contributed by atoms with Crippen molar-refractivity contribution < 1.29 is 4.79 Å². The van der Waals surface area contributed by atoms with Crippen LogP contribution in [0.2, 0.25) is 0 Å². The van der Waals surface area contributed by atoms with Gasteiger partial charge < -0.3 is 0 Å². The van der Waals surface area contributed by atoms with E-state index in [-0.39, 0.29) is 5.91 Å². The van der Waals surface area contributed by atoms with E-state index in [2.05, 4.69) is 36.5 Å². The van der Waals surface area contributed by atoms with Crippen LogP contribution in [0.15, 0.2) is 52.4 Å². The van der Waals surface area contributed by atoms with Gasteiger partial charge in [-0.3, -0.25) is 15.1 Å². The van der Waals surface area contributed by atoms with Gasteiger partial charge in [-0.1, -0.05) is 44.1 Å². The third-order valence-corrected chi connectivity index (χ3v) is 5.74. The molecule has 0 saturated carbocycles. The Morgan fingerprint density at radius 3 is 2.96 bits per heavy atom. The molecular weight excluding hydrogens is 330 g/mol. The van der Waals surface area contributed by atoms with Crippen molar-refractivity contribution in [3.8, 4) is 6.19 Å². The number of unbranched alkanes of at least 4 members (excludes halogenated alkanes) is 2. The number of nitrogens with zero attached hydrogens (tertiary/aromatic N) is 2. The zero-order chi connectivity index (χ0) is 17.6. The van der Waals surface area contributed by atoms with Gasteiger partial charge in [0.15, 0.2) is 6.19 Å². The molecule has 3 rings (SSSR count). The fourth-order valence-electron chi connectivity index (χ4n) is 3.12. The second-order valence-electron chi connectivity index (χ2n) is 6.19. The lowest BCUT2D eigenvalue weighted by Crippen LogP contribution is -2.23. The predicted octanol–water partition coefficient (Wildman–Crippen LogP) is 4.77. The maximum Gasteiger partial charge on any atom is 0.264 e. The van der Waals surface area contributed by atoms with Crippen molar-refractivity contribution in [3.05, 3.63) is 48.1 Å². The third kappa shape index (κ3) is 4.02. The summed E-state index contributed by atoms with van der Waals surface area (Å²) in [5.74, 6) is -0.0878. The molecule has 4 nitrogen and oxygen atoms in total. The average Bonchev–Trinajstić information content (AvgIpc) is 2.78. The Bertz CT molecular complexity index is 789. The maximum absolute atomic E-state index is 11.9. The lowest BCUT2D eigenvalue weighted by Gasteiger charge is -2.23. The minimum absolute atomic E-state index is 0.302. The van der Waals surface area contributed by atoms with Crippen LogP contribution in [0.25, 0.3) is 0 Å². The van der Waals surface area contributed by atoms with Crippen LogP contribution in [0.4, 0.5) is 5.69 Å². The standard InChI is InChI=1S/C20H21N3OS/c1-2-3-4-8-16-15-7-5-6-9-18(15)25-19-11-10-14(12-17(19)23-16)20(24)22-13-21/h5-7,9-12,15,18H,2-4,8H2,1H3,(H,22,24). The van der Waals surface area contributed by atoms with E-state index in [4.69, 9.17) is 10.3 Å². The van der Waals surface area contributed by atoms with Gasteiger partial charge in [0.25, 0.3) is 5.91 Å². The minimum Gasteiger partial charge on any atom is -0.268 e. The van der Waals surface area contributed by atoms with E-state index in [9.17, 15) is 4.79 Å². The highest BCUT2D eigenvalue weighted by Gasteiger charge is 2.28. The number of nitrogens with one attached hydrogen (secondary N) is 1. The molecule has 25 heavy (non-hydrogen) atoms. The topological polar surface area (TPSA) is 65.2 Å². The first-order valence-corrected chi connectivity index (χ1v) is 9.53. The van der Waals surface area contributed by atoms with Crippen molar-refractivity contribution in [3.63, 3.8) is 0 Å². The van der Waals surface area contributed by atoms with E-state index >= 15 is 0 Å². The SMILES string of the molecule is CCCCCC1=Nc2cc(C(=O)NC#N)ccc2SC2C=CC=CC12. The summed E-state index contributed by atoms with van der Waals surface area (Å²) in [6.07, 6.45) is 14.8. The van der Waals surface area contributed by atoms with Crippen LogP contribution >= 0.6 is 11.8 Å². The number of amides is 1. The lowest BCUT2D eigenvalue weighted by molar-refractivity contribution is 0.0973. The van der Waals surface area contributed by atoms with Gasteiger partial charge in [-0.15, -0.1) is 11.8 Å². The summed E-state index contributed by atoms with van der Waals surface area (Å²) >= 11 is 1.79. The normalized spacial score (nSPS) is 20.7. The number of rotatable bonds is 5. The molecule has 0 aromatic heterocycles. The summed E-state index contributed by atoms with van der Waals surface area (Å²) in [7, 11) is 0. The van der Waals surface area contributed by atoms with E-state index in [0.29, 0.717) is 16.7 Å². The van der Waals surface area contributed by atoms with E-state index in [1.807, 2.05) is 6.07 Å². The highest BCUT2D eigenvalue weighted by Crippen LogP contribution is 2.42. The molecule has 0 spiro atoms. The molecule has 1 aromatic carbocycles. The van der Waals surface area contributed by atoms with Crippen molar-refractivity contribution in [2.24, 2.45) is 10.9 Å². The summed E-state index contributed by atoms with van der Waals surface area (Å²) < 4.78 is 0. The first-order valence-electron chi connectivity index (χ1n) is 8.65. The van der Waals surface area contributed by atoms with Crippen molar-refractivity contribution in [2.45, 2.75) is 42.8 Å². The molecule has 1 amide bonds. The van der Waals surface area contributed by atoms with Crippen LogP contribution in [-0.4, -0.2) is 16.9 Å². The van der Waals surface area contributed by atoms with Gasteiger partial charge in [-0.2, -0.15) is 5.26 Å². The number of hydrogen-bond donors (Lipinski definition) is 1. The van der Waals surface area contributed by atoms with Crippen LogP contribution in [0.3, 0.4) is 0 Å². The van der Waals surface area contributed by atoms with Gasteiger partial charge >= 0.3 is 0 Å². The average molecular weight is 351 g/mol. The molecule has 2 unspecified atom stereocenters. The van der Waals surface area contributed by atoms with E-state index < -0.39 is 0 Å². The predicted molar refractivity (Wildman–Crippen MR) is 102 cm³/mol. The zero-order valence-corrected chi connectivity index (χ0v) is 15.1. The quantitative estimate of drug-likeness (QED) is 0.472. The molecule has 1 aliphatic carbocycles. The number of nitriles is 1. The number of carbonyl (C=O) groups is 1. The molecule has 2 aliphatic rings. The molecule has 0 bridgehead atoms. The highest BCUT2D eigenvalue weighted by molar-refractivity contribution is 8.00. The van der Waals surface area contributed by atoms with E-state index in [1.54, 1.807) is 30.1 Å². The molecule has 1 N–H and O–H groups in total. The van der Waals surface area contributed by atoms with Gasteiger partial charge in [0.05, 0.1) is 5.69 Å². The van der Waals surface area contributed by atoms with Crippen molar-refractivity contribution in [1.82, 2.24) is 5.32 Å². The highest BCUT2D eigenvalue weighted by atomic mass is 32.2. The zero-order valence-electron chi connectivity index (χ0n) is 14.2. The first-order chi connectivity index (χ1) is 12.2. The summed E-state index contributed by atoms with van der Waals surface area (Å²) in [6.45, 7) is 2.20. The fourth-order valence-corrected chi connectivity index (χ4v) is 4.35. The Morgan fingerprint density at radius 1 is 1.32 bits per heavy atom. The number of hydrogen-bond acceptors (Lipinski definition) is 4. The Hall–Kier alpha value is -2.32. The first kappa shape index (κ1) is 17.5. The van der Waals surface area contributed by atoms with E-state index in [1.165, 1.54) is 18.6 Å². The van der Waals surface area contributed by atoms with Gasteiger partial charge in [0.1, 0.15) is 0 Å². The Kier molecular flexibility index (Phi) is 5.72. The van der Waals surface area contributed by atoms with E-state index in [0.717, 1.165) is 23.4 Å². The van der Waals surface area contributed by atoms with Gasteiger partial charge in [0.2, 0.25) is 0 Å². The molecular formula is C20H21N3OS. The summed E-state index contributed by atoms with van der Waals surface area (Å²) in [4.78, 5) is 18.0. The lowest BCUT2D eigenvalue weighted by atomic mass is 9.91. The molecule has 0 saturated heterocycles. The Morgan fingerprint density at radius 2 is 2.16 bits per heavy atom. The van der Waals surface area contributed by atoms with Gasteiger partial charge in [-0.05, 0) is 31.0 Å². The van der Waals surface area contributed by atoms with Gasteiger partial charge in [-0.25, -0.2) is 0 Å². The van der Waals surface area contributed by atoms with Crippen LogP contribution in [-0.2, 0) is 0 Å². The van der Waals surface area contributed by atoms with Crippen molar-refractivity contribution in [2.75, 3.05) is 0 Å². The van der Waals surface area contributed by atoms with Crippen molar-refractivity contribution >= 4 is 29.1 Å². The molecule has 0 radical (unpaired) electrons. The number of carbonyl (C=O) groups excluding carboxylic acids is 1. The molecule has 0 fully saturated rings. The van der Waals surface area contributed by atoms with Crippen LogP contribution in [0.5, 0.6) is 0 Å². The second kappa shape index (κ2) is 8.17. The van der Waals surface area contributed by atoms with Crippen LogP contribution in [0, 0.1) is 17.4 Å². The Balaban J connectivity index is 1.96. The molecule has 1 heterocycles. The molecule has 1 aliphatic heterocycles. The van der Waals surface area contributed by atoms with Crippen molar-refractivity contribution in [1.29, 1.82) is 5.26 Å². The number of thioether (sulfide) groups is 1. The third-order valence-electron chi connectivity index (χ3n) is 4.42. The fraction of sp³-hybridized carbons (Fsp3) is 0.350. The summed E-state index contributed by atoms with van der Waals surface area (Å²) in [5.41, 5.74) is 2.48. The summed E-state index contributed by atoms with van der Waals surface area (Å²) in [5, 5.41) is 11.2. The van der Waals surface area contributed by atoms with Crippen LogP contribution < -0.4 is 5.32 Å². The molecule has 2 atom stereocenters. The number of fused-ring (bicyclic) bond motifs is 2. The maximum atomic E-state index is 11.9. The number of aliphatic imine (C=N–C) groups is 1. The second-order valence-corrected chi connectivity index (χ2v) is 7.41. The molecule has 5 heteroatoms. The monoisotopic (exact) mass is 351 g/mol. The summed E-state index contributed by atoms with van der Waals surface area (Å²) in [6, 6.07) is 5.49.